The van der Waals surface area contributed by atoms with Gasteiger partial charge in [0.05, 0.1) is 5.56 Å². The lowest BCUT2D eigenvalue weighted by Crippen LogP contribution is -2.10. The maximum Gasteiger partial charge on any atom is 0.417 e. The minimum atomic E-state index is -4.43. The van der Waals surface area contributed by atoms with Gasteiger partial charge in [-0.2, -0.15) is 13.2 Å². The number of hydrogen-bond donors (Lipinski definition) is 1. The molecule has 1 amide bonds. The number of halogens is 3. The van der Waals surface area contributed by atoms with Crippen LogP contribution >= 0.6 is 0 Å². The van der Waals surface area contributed by atoms with Crippen molar-refractivity contribution in [2.75, 3.05) is 0 Å². The van der Waals surface area contributed by atoms with Crippen LogP contribution in [-0.4, -0.2) is 10.9 Å². The van der Waals surface area contributed by atoms with Crippen LogP contribution in [0.4, 0.5) is 13.2 Å². The summed E-state index contributed by atoms with van der Waals surface area (Å²) < 4.78 is 37.7. The molecular weight excluding hydrogens is 257 g/mol. The van der Waals surface area contributed by atoms with Crippen LogP contribution in [0.25, 0.3) is 11.1 Å². The Labute approximate surface area is 106 Å². The summed E-state index contributed by atoms with van der Waals surface area (Å²) in [6, 6.07) is 6.97. The van der Waals surface area contributed by atoms with Crippen LogP contribution in [0.5, 0.6) is 0 Å². The third-order valence-corrected chi connectivity index (χ3v) is 2.57. The number of amides is 1. The van der Waals surface area contributed by atoms with Crippen molar-refractivity contribution < 1.29 is 18.0 Å². The molecule has 0 aliphatic heterocycles. The third-order valence-electron chi connectivity index (χ3n) is 2.57. The van der Waals surface area contributed by atoms with E-state index in [1.165, 1.54) is 30.5 Å². The number of pyridine rings is 1. The molecular formula is C13H9F3N2O. The Bertz CT molecular complexity index is 606. The number of carbonyl (C=O) groups is 1. The molecule has 6 heteroatoms. The van der Waals surface area contributed by atoms with Crippen LogP contribution in [0.15, 0.2) is 42.7 Å². The minimum absolute atomic E-state index is 0.295. The van der Waals surface area contributed by atoms with Crippen molar-refractivity contribution in [1.29, 1.82) is 0 Å². The zero-order chi connectivity index (χ0) is 14.0. The smallest absolute Gasteiger partial charge is 0.366 e. The van der Waals surface area contributed by atoms with Gasteiger partial charge in [0.15, 0.2) is 0 Å². The van der Waals surface area contributed by atoms with E-state index in [0.29, 0.717) is 16.7 Å². The Kier molecular flexibility index (Phi) is 3.25. The zero-order valence-electron chi connectivity index (χ0n) is 9.61. The topological polar surface area (TPSA) is 56.0 Å². The lowest BCUT2D eigenvalue weighted by Gasteiger charge is -2.08. The fourth-order valence-corrected chi connectivity index (χ4v) is 1.58. The molecule has 0 bridgehead atoms. The van der Waals surface area contributed by atoms with E-state index >= 15 is 0 Å². The van der Waals surface area contributed by atoms with E-state index in [-0.39, 0.29) is 0 Å². The molecule has 2 N–H and O–H groups in total. The van der Waals surface area contributed by atoms with Gasteiger partial charge >= 0.3 is 6.18 Å². The van der Waals surface area contributed by atoms with Gasteiger partial charge in [-0.15, -0.1) is 0 Å². The van der Waals surface area contributed by atoms with Crippen LogP contribution < -0.4 is 5.73 Å². The molecule has 0 atom stereocenters. The van der Waals surface area contributed by atoms with Crippen LogP contribution in [0.1, 0.15) is 15.9 Å². The van der Waals surface area contributed by atoms with Crippen molar-refractivity contribution in [3.8, 4) is 11.1 Å². The average Bonchev–Trinajstić information content (AvgIpc) is 2.38. The monoisotopic (exact) mass is 266 g/mol. The minimum Gasteiger partial charge on any atom is -0.366 e. The van der Waals surface area contributed by atoms with Crippen molar-refractivity contribution >= 4 is 5.91 Å². The molecule has 0 aliphatic rings. The molecule has 0 spiro atoms. The Morgan fingerprint density at radius 1 is 1.05 bits per heavy atom. The number of carbonyl (C=O) groups excluding carboxylic acids is 1. The van der Waals surface area contributed by atoms with Crippen LogP contribution in [0.3, 0.4) is 0 Å². The Balaban J connectivity index is 2.39. The number of primary amides is 1. The largest absolute Gasteiger partial charge is 0.417 e. The SMILES string of the molecule is NC(=O)c1ccc(-c2cncc(C(F)(F)F)c2)cc1. The Hall–Kier alpha value is -2.37. The molecule has 0 radical (unpaired) electrons. The number of nitrogens with zero attached hydrogens (tertiary/aromatic N) is 1. The summed E-state index contributed by atoms with van der Waals surface area (Å²) in [5.41, 5.74) is 5.42. The molecule has 2 aromatic rings. The van der Waals surface area contributed by atoms with Crippen molar-refractivity contribution in [2.45, 2.75) is 6.18 Å². The van der Waals surface area contributed by atoms with Gasteiger partial charge in [0, 0.05) is 23.5 Å². The number of aromatic nitrogens is 1. The zero-order valence-corrected chi connectivity index (χ0v) is 9.61. The van der Waals surface area contributed by atoms with Crippen molar-refractivity contribution in [3.63, 3.8) is 0 Å². The lowest BCUT2D eigenvalue weighted by molar-refractivity contribution is -0.137. The van der Waals surface area contributed by atoms with E-state index in [1.54, 1.807) is 0 Å². The number of benzene rings is 1. The van der Waals surface area contributed by atoms with Crippen molar-refractivity contribution in [1.82, 2.24) is 4.98 Å². The van der Waals surface area contributed by atoms with Crippen LogP contribution in [-0.2, 0) is 6.18 Å². The molecule has 1 heterocycles. The van der Waals surface area contributed by atoms with Gasteiger partial charge in [0.1, 0.15) is 0 Å². The summed E-state index contributed by atoms with van der Waals surface area (Å²) in [4.78, 5) is 14.5. The summed E-state index contributed by atoms with van der Waals surface area (Å²) in [6.07, 6.45) is -2.34. The average molecular weight is 266 g/mol. The molecule has 19 heavy (non-hydrogen) atoms. The highest BCUT2D eigenvalue weighted by Gasteiger charge is 2.31. The van der Waals surface area contributed by atoms with E-state index in [0.717, 1.165) is 12.3 Å². The predicted molar refractivity (Wildman–Crippen MR) is 63.2 cm³/mol. The molecule has 0 unspecified atom stereocenters. The summed E-state index contributed by atoms with van der Waals surface area (Å²) >= 11 is 0. The van der Waals surface area contributed by atoms with Crippen molar-refractivity contribution in [3.05, 3.63) is 53.9 Å². The Morgan fingerprint density at radius 2 is 1.68 bits per heavy atom. The number of hydrogen-bond acceptors (Lipinski definition) is 2. The van der Waals surface area contributed by atoms with Gasteiger partial charge in [-0.05, 0) is 23.8 Å². The van der Waals surface area contributed by atoms with Crippen molar-refractivity contribution in [2.24, 2.45) is 5.73 Å². The number of nitrogens with two attached hydrogens (primary N) is 1. The molecule has 1 aromatic carbocycles. The highest BCUT2D eigenvalue weighted by atomic mass is 19.4. The van der Waals surface area contributed by atoms with Gasteiger partial charge in [-0.25, -0.2) is 0 Å². The lowest BCUT2D eigenvalue weighted by atomic mass is 10.0. The predicted octanol–water partition coefficient (Wildman–Crippen LogP) is 2.87. The molecule has 1 aromatic heterocycles. The fraction of sp³-hybridized carbons (Fsp3) is 0.0769. The molecule has 2 rings (SSSR count). The van der Waals surface area contributed by atoms with Gasteiger partial charge < -0.3 is 5.73 Å². The highest BCUT2D eigenvalue weighted by molar-refractivity contribution is 5.93. The number of alkyl halides is 3. The third kappa shape index (κ3) is 2.90. The van der Waals surface area contributed by atoms with E-state index in [9.17, 15) is 18.0 Å². The second kappa shape index (κ2) is 4.72. The highest BCUT2D eigenvalue weighted by Crippen LogP contribution is 2.31. The molecule has 3 nitrogen and oxygen atoms in total. The summed E-state index contributed by atoms with van der Waals surface area (Å²) in [5, 5.41) is 0. The molecule has 0 saturated heterocycles. The van der Waals surface area contributed by atoms with Gasteiger partial charge in [0.2, 0.25) is 5.91 Å². The maximum absolute atomic E-state index is 12.6. The van der Waals surface area contributed by atoms with E-state index in [2.05, 4.69) is 4.98 Å². The summed E-state index contributed by atoms with van der Waals surface area (Å²) in [5.74, 6) is -0.589. The molecule has 0 aliphatic carbocycles. The quantitative estimate of drug-likeness (QED) is 0.908. The standard InChI is InChI=1S/C13H9F3N2O/c14-13(15,16)11-5-10(6-18-7-11)8-1-3-9(4-2-8)12(17)19/h1-7H,(H2,17,19). The summed E-state index contributed by atoms with van der Waals surface area (Å²) in [6.45, 7) is 0. The molecule has 0 saturated carbocycles. The van der Waals surface area contributed by atoms with Gasteiger partial charge in [-0.3, -0.25) is 9.78 Å². The summed E-state index contributed by atoms with van der Waals surface area (Å²) in [7, 11) is 0. The second-order valence-electron chi connectivity index (χ2n) is 3.90. The van der Waals surface area contributed by atoms with E-state index in [4.69, 9.17) is 5.73 Å². The first-order chi connectivity index (χ1) is 8.88. The maximum atomic E-state index is 12.6. The second-order valence-corrected chi connectivity index (χ2v) is 3.90. The normalized spacial score (nSPS) is 11.3. The first kappa shape index (κ1) is 13.1. The number of rotatable bonds is 2. The molecule has 98 valence electrons. The van der Waals surface area contributed by atoms with E-state index in [1.807, 2.05) is 0 Å². The first-order valence-corrected chi connectivity index (χ1v) is 5.30. The molecule has 0 fully saturated rings. The van der Waals surface area contributed by atoms with Gasteiger partial charge in [0.25, 0.3) is 0 Å². The Morgan fingerprint density at radius 3 is 2.21 bits per heavy atom. The van der Waals surface area contributed by atoms with Gasteiger partial charge in [-0.1, -0.05) is 12.1 Å². The van der Waals surface area contributed by atoms with Crippen LogP contribution in [0.2, 0.25) is 0 Å². The first-order valence-electron chi connectivity index (χ1n) is 5.30. The fourth-order valence-electron chi connectivity index (χ4n) is 1.58. The van der Waals surface area contributed by atoms with Crippen LogP contribution in [0, 0.1) is 0 Å². The van der Waals surface area contributed by atoms with E-state index < -0.39 is 17.6 Å².